The summed E-state index contributed by atoms with van der Waals surface area (Å²) >= 11 is 0. The maximum atomic E-state index is 5.35. The van der Waals surface area contributed by atoms with E-state index in [1.165, 1.54) is 44.6 Å². The number of nitrogens with zero attached hydrogens (tertiary/aromatic N) is 1. The number of halogens is 1. The Bertz CT molecular complexity index is 453. The molecule has 1 unspecified atom stereocenters. The Balaban J connectivity index is 0.00000161. The van der Waals surface area contributed by atoms with E-state index in [4.69, 9.17) is 9.47 Å². The van der Waals surface area contributed by atoms with E-state index in [0.29, 0.717) is 5.41 Å². The lowest BCUT2D eigenvalue weighted by molar-refractivity contribution is 0.268. The Morgan fingerprint density at radius 2 is 1.86 bits per heavy atom. The van der Waals surface area contributed by atoms with Crippen LogP contribution in [0.3, 0.4) is 0 Å². The second-order valence-corrected chi connectivity index (χ2v) is 6.11. The molecule has 2 saturated heterocycles. The third kappa shape index (κ3) is 3.62. The molecular formula is C16H25ClN2O2. The zero-order valence-corrected chi connectivity index (χ0v) is 13.7. The highest BCUT2D eigenvalue weighted by atomic mass is 35.5. The molecule has 2 fully saturated rings. The van der Waals surface area contributed by atoms with E-state index in [1.807, 2.05) is 6.07 Å². The van der Waals surface area contributed by atoms with Crippen LogP contribution in [0.4, 0.5) is 0 Å². The minimum absolute atomic E-state index is 0. The molecule has 0 saturated carbocycles. The summed E-state index contributed by atoms with van der Waals surface area (Å²) in [5.74, 6) is 1.74. The summed E-state index contributed by atoms with van der Waals surface area (Å²) in [6.07, 6.45) is 2.64. The van der Waals surface area contributed by atoms with Crippen molar-refractivity contribution in [1.82, 2.24) is 10.2 Å². The number of hydrogen-bond donors (Lipinski definition) is 1. The van der Waals surface area contributed by atoms with Crippen LogP contribution in [0.2, 0.25) is 0 Å². The zero-order valence-electron chi connectivity index (χ0n) is 12.9. The van der Waals surface area contributed by atoms with Gasteiger partial charge in [0.15, 0.2) is 0 Å². The number of nitrogens with one attached hydrogen (secondary N) is 1. The third-order valence-corrected chi connectivity index (χ3v) is 4.67. The normalized spacial score (nSPS) is 25.0. The predicted octanol–water partition coefficient (Wildman–Crippen LogP) is 2.31. The van der Waals surface area contributed by atoms with Gasteiger partial charge in [0, 0.05) is 25.7 Å². The molecule has 0 aromatic heterocycles. The minimum Gasteiger partial charge on any atom is -0.497 e. The lowest BCUT2D eigenvalue weighted by atomic mass is 9.86. The highest BCUT2D eigenvalue weighted by Gasteiger charge is 2.40. The molecule has 1 atom stereocenters. The van der Waals surface area contributed by atoms with E-state index in [9.17, 15) is 0 Å². The van der Waals surface area contributed by atoms with Gasteiger partial charge in [-0.15, -0.1) is 12.4 Å². The van der Waals surface area contributed by atoms with Crippen molar-refractivity contribution in [3.63, 3.8) is 0 Å². The number of hydrogen-bond acceptors (Lipinski definition) is 4. The molecule has 4 nitrogen and oxygen atoms in total. The van der Waals surface area contributed by atoms with Gasteiger partial charge >= 0.3 is 0 Å². The summed E-state index contributed by atoms with van der Waals surface area (Å²) in [4.78, 5) is 2.56. The molecule has 118 valence electrons. The van der Waals surface area contributed by atoms with Gasteiger partial charge in [0.1, 0.15) is 11.5 Å². The smallest absolute Gasteiger partial charge is 0.122 e. The van der Waals surface area contributed by atoms with Gasteiger partial charge in [0.2, 0.25) is 0 Å². The number of likely N-dealkylation sites (tertiary alicyclic amines) is 1. The van der Waals surface area contributed by atoms with E-state index >= 15 is 0 Å². The van der Waals surface area contributed by atoms with Gasteiger partial charge in [-0.05, 0) is 49.0 Å². The van der Waals surface area contributed by atoms with Crippen LogP contribution in [0.25, 0.3) is 0 Å². The van der Waals surface area contributed by atoms with Gasteiger partial charge in [-0.3, -0.25) is 4.90 Å². The number of methoxy groups -OCH3 is 2. The molecule has 1 spiro atoms. The van der Waals surface area contributed by atoms with Crippen molar-refractivity contribution in [2.45, 2.75) is 19.4 Å². The standard InChI is InChI=1S/C16H24N2O2.ClH/c1-19-14-7-13(8-15(9-14)20-2)10-18-6-4-16(12-18)3-5-17-11-16;/h7-9,17H,3-6,10-12H2,1-2H3;1H. The van der Waals surface area contributed by atoms with Crippen LogP contribution in [0.15, 0.2) is 18.2 Å². The quantitative estimate of drug-likeness (QED) is 0.925. The predicted molar refractivity (Wildman–Crippen MR) is 86.6 cm³/mol. The summed E-state index contributed by atoms with van der Waals surface area (Å²) in [7, 11) is 3.40. The summed E-state index contributed by atoms with van der Waals surface area (Å²) in [6.45, 7) is 5.75. The van der Waals surface area contributed by atoms with Gasteiger partial charge in [0.05, 0.1) is 14.2 Å². The summed E-state index contributed by atoms with van der Waals surface area (Å²) in [5, 5.41) is 3.51. The molecule has 2 aliphatic rings. The van der Waals surface area contributed by atoms with E-state index in [0.717, 1.165) is 18.0 Å². The van der Waals surface area contributed by atoms with Gasteiger partial charge in [0.25, 0.3) is 0 Å². The average molecular weight is 313 g/mol. The molecule has 0 aliphatic carbocycles. The lowest BCUT2D eigenvalue weighted by Crippen LogP contribution is -2.28. The molecule has 0 radical (unpaired) electrons. The van der Waals surface area contributed by atoms with Crippen LogP contribution in [0.5, 0.6) is 11.5 Å². The highest BCUT2D eigenvalue weighted by molar-refractivity contribution is 5.85. The van der Waals surface area contributed by atoms with Crippen LogP contribution in [-0.2, 0) is 6.54 Å². The largest absolute Gasteiger partial charge is 0.497 e. The van der Waals surface area contributed by atoms with Gasteiger partial charge < -0.3 is 14.8 Å². The number of ether oxygens (including phenoxy) is 2. The maximum absolute atomic E-state index is 5.35. The Morgan fingerprint density at radius 3 is 2.43 bits per heavy atom. The van der Waals surface area contributed by atoms with Crippen molar-refractivity contribution in [3.05, 3.63) is 23.8 Å². The molecule has 3 rings (SSSR count). The van der Waals surface area contributed by atoms with Crippen LogP contribution in [0, 0.1) is 5.41 Å². The first kappa shape index (κ1) is 16.4. The molecule has 0 bridgehead atoms. The SMILES string of the molecule is COc1cc(CN2CCC3(CCNC3)C2)cc(OC)c1.Cl. The summed E-state index contributed by atoms with van der Waals surface area (Å²) in [5.41, 5.74) is 1.80. The van der Waals surface area contributed by atoms with Crippen molar-refractivity contribution in [1.29, 1.82) is 0 Å². The Hall–Kier alpha value is -0.970. The van der Waals surface area contributed by atoms with E-state index < -0.39 is 0 Å². The molecule has 21 heavy (non-hydrogen) atoms. The van der Waals surface area contributed by atoms with Gasteiger partial charge in [-0.25, -0.2) is 0 Å². The van der Waals surface area contributed by atoms with Crippen molar-refractivity contribution >= 4 is 12.4 Å². The molecule has 2 aliphatic heterocycles. The molecule has 2 heterocycles. The van der Waals surface area contributed by atoms with E-state index in [1.54, 1.807) is 14.2 Å². The topological polar surface area (TPSA) is 33.7 Å². The Kier molecular flexibility index (Phi) is 5.36. The van der Waals surface area contributed by atoms with Gasteiger partial charge in [-0.2, -0.15) is 0 Å². The minimum atomic E-state index is 0. The summed E-state index contributed by atoms with van der Waals surface area (Å²) in [6, 6.07) is 6.15. The molecule has 1 aromatic carbocycles. The zero-order chi connectivity index (χ0) is 14.0. The lowest BCUT2D eigenvalue weighted by Gasteiger charge is -2.23. The Labute approximate surface area is 133 Å². The monoisotopic (exact) mass is 312 g/mol. The first-order chi connectivity index (χ1) is 9.73. The van der Waals surface area contributed by atoms with Crippen molar-refractivity contribution < 1.29 is 9.47 Å². The van der Waals surface area contributed by atoms with E-state index in [2.05, 4.69) is 22.3 Å². The van der Waals surface area contributed by atoms with Crippen LogP contribution >= 0.6 is 12.4 Å². The summed E-state index contributed by atoms with van der Waals surface area (Å²) < 4.78 is 10.7. The third-order valence-electron chi connectivity index (χ3n) is 4.67. The van der Waals surface area contributed by atoms with E-state index in [-0.39, 0.29) is 12.4 Å². The van der Waals surface area contributed by atoms with Crippen LogP contribution in [-0.4, -0.2) is 45.3 Å². The first-order valence-corrected chi connectivity index (χ1v) is 7.38. The maximum Gasteiger partial charge on any atom is 0.122 e. The number of rotatable bonds is 4. The van der Waals surface area contributed by atoms with Crippen molar-refractivity contribution in [2.24, 2.45) is 5.41 Å². The molecule has 5 heteroatoms. The van der Waals surface area contributed by atoms with Crippen LogP contribution in [0.1, 0.15) is 18.4 Å². The van der Waals surface area contributed by atoms with Gasteiger partial charge in [-0.1, -0.05) is 0 Å². The van der Waals surface area contributed by atoms with Crippen molar-refractivity contribution in [2.75, 3.05) is 40.4 Å². The number of benzene rings is 1. The Morgan fingerprint density at radius 1 is 1.14 bits per heavy atom. The van der Waals surface area contributed by atoms with Crippen molar-refractivity contribution in [3.8, 4) is 11.5 Å². The second kappa shape index (κ2) is 6.86. The average Bonchev–Trinajstić information content (AvgIpc) is 3.09. The first-order valence-electron chi connectivity index (χ1n) is 7.38. The molecular weight excluding hydrogens is 288 g/mol. The molecule has 1 N–H and O–H groups in total. The van der Waals surface area contributed by atoms with Crippen LogP contribution < -0.4 is 14.8 Å². The molecule has 1 aromatic rings. The second-order valence-electron chi connectivity index (χ2n) is 6.11. The fourth-order valence-corrected chi connectivity index (χ4v) is 3.52. The fraction of sp³-hybridized carbons (Fsp3) is 0.625. The highest BCUT2D eigenvalue weighted by Crippen LogP contribution is 2.37. The molecule has 0 amide bonds. The fourth-order valence-electron chi connectivity index (χ4n) is 3.52.